The van der Waals surface area contributed by atoms with Crippen LogP contribution in [0, 0.1) is 11.7 Å². The fourth-order valence-electron chi connectivity index (χ4n) is 3.08. The number of carbonyl (C=O) groups is 3. The van der Waals surface area contributed by atoms with Gasteiger partial charge in [-0.15, -0.1) is 0 Å². The molecule has 1 saturated heterocycles. The molecular formula is C17H18FN3O4. The highest BCUT2D eigenvalue weighted by Gasteiger charge is 2.34. The van der Waals surface area contributed by atoms with Gasteiger partial charge in [-0.1, -0.05) is 0 Å². The van der Waals surface area contributed by atoms with Gasteiger partial charge in [0.1, 0.15) is 11.9 Å². The highest BCUT2D eigenvalue weighted by Crippen LogP contribution is 2.21. The molecule has 1 fully saturated rings. The van der Waals surface area contributed by atoms with E-state index in [9.17, 15) is 23.9 Å². The molecule has 2 heterocycles. The molecule has 2 amide bonds. The van der Waals surface area contributed by atoms with Crippen LogP contribution in [0.5, 0.6) is 0 Å². The number of likely N-dealkylation sites (tertiary alicyclic amines) is 1. The number of hydrogen-bond donors (Lipinski definition) is 3. The smallest absolute Gasteiger partial charge is 0.326 e. The topological polar surface area (TPSA) is 102 Å². The number of H-pyrrole nitrogens is 1. The quantitative estimate of drug-likeness (QED) is 0.748. The predicted molar refractivity (Wildman–Crippen MR) is 87.3 cm³/mol. The summed E-state index contributed by atoms with van der Waals surface area (Å²) in [5.41, 5.74) is 1.23. The molecule has 7 nitrogen and oxygen atoms in total. The maximum atomic E-state index is 13.2. The second-order valence-electron chi connectivity index (χ2n) is 6.28. The third-order valence-corrected chi connectivity index (χ3v) is 4.48. The molecule has 1 aromatic heterocycles. The van der Waals surface area contributed by atoms with Gasteiger partial charge in [-0.3, -0.25) is 9.59 Å². The van der Waals surface area contributed by atoms with Crippen LogP contribution in [0.4, 0.5) is 4.39 Å². The number of nitrogens with one attached hydrogen (secondary N) is 2. The van der Waals surface area contributed by atoms with Crippen molar-refractivity contribution in [1.29, 1.82) is 0 Å². The van der Waals surface area contributed by atoms with Crippen LogP contribution in [-0.2, 0) is 20.8 Å². The molecule has 3 rings (SSSR count). The molecule has 25 heavy (non-hydrogen) atoms. The summed E-state index contributed by atoms with van der Waals surface area (Å²) < 4.78 is 13.2. The van der Waals surface area contributed by atoms with E-state index in [0.717, 1.165) is 0 Å². The molecule has 1 aliphatic rings. The van der Waals surface area contributed by atoms with E-state index in [-0.39, 0.29) is 31.1 Å². The summed E-state index contributed by atoms with van der Waals surface area (Å²) in [7, 11) is 1.61. The maximum Gasteiger partial charge on any atom is 0.326 e. The molecule has 0 radical (unpaired) electrons. The molecule has 0 aliphatic carbocycles. The van der Waals surface area contributed by atoms with Gasteiger partial charge in [-0.2, -0.15) is 0 Å². The lowest BCUT2D eigenvalue weighted by Gasteiger charge is -2.17. The molecular weight excluding hydrogens is 329 g/mol. The van der Waals surface area contributed by atoms with Crippen molar-refractivity contribution in [3.8, 4) is 0 Å². The second-order valence-corrected chi connectivity index (χ2v) is 6.28. The maximum absolute atomic E-state index is 13.2. The zero-order valence-corrected chi connectivity index (χ0v) is 13.6. The summed E-state index contributed by atoms with van der Waals surface area (Å²) in [6, 6.07) is 3.07. The number of carboxylic acid groups (broad SMARTS) is 1. The van der Waals surface area contributed by atoms with Crippen molar-refractivity contribution < 1.29 is 23.9 Å². The fourth-order valence-corrected chi connectivity index (χ4v) is 3.08. The lowest BCUT2D eigenvalue weighted by atomic mass is 10.0. The van der Waals surface area contributed by atoms with E-state index >= 15 is 0 Å². The zero-order valence-electron chi connectivity index (χ0n) is 13.6. The average molecular weight is 347 g/mol. The number of halogens is 1. The lowest BCUT2D eigenvalue weighted by Crippen LogP contribution is -2.45. The van der Waals surface area contributed by atoms with E-state index in [1.165, 1.54) is 17.0 Å². The van der Waals surface area contributed by atoms with Crippen LogP contribution in [0.25, 0.3) is 10.9 Å². The Kier molecular flexibility index (Phi) is 4.43. The lowest BCUT2D eigenvalue weighted by molar-refractivity contribution is -0.142. The van der Waals surface area contributed by atoms with Crippen molar-refractivity contribution in [2.24, 2.45) is 5.92 Å². The molecule has 0 saturated carbocycles. The summed E-state index contributed by atoms with van der Waals surface area (Å²) in [5, 5.41) is 12.6. The molecule has 0 spiro atoms. The van der Waals surface area contributed by atoms with Crippen molar-refractivity contribution in [1.82, 2.24) is 15.2 Å². The van der Waals surface area contributed by atoms with Gasteiger partial charge >= 0.3 is 5.97 Å². The second kappa shape index (κ2) is 6.54. The van der Waals surface area contributed by atoms with Gasteiger partial charge in [0, 0.05) is 43.5 Å². The Labute approximate surface area is 142 Å². The van der Waals surface area contributed by atoms with Crippen LogP contribution < -0.4 is 5.32 Å². The Morgan fingerprint density at radius 3 is 2.88 bits per heavy atom. The van der Waals surface area contributed by atoms with Gasteiger partial charge in [0.2, 0.25) is 11.8 Å². The monoisotopic (exact) mass is 347 g/mol. The van der Waals surface area contributed by atoms with Gasteiger partial charge < -0.3 is 20.3 Å². The SMILES string of the molecule is CN1CC(C(=O)NC(Cc2c[nH]c3cc(F)ccc23)C(=O)O)CC1=O. The molecule has 132 valence electrons. The molecule has 3 N–H and O–H groups in total. The Morgan fingerprint density at radius 2 is 2.24 bits per heavy atom. The Bertz CT molecular complexity index is 848. The first-order valence-corrected chi connectivity index (χ1v) is 7.88. The van der Waals surface area contributed by atoms with Crippen molar-refractivity contribution in [3.05, 3.63) is 35.8 Å². The van der Waals surface area contributed by atoms with E-state index in [0.29, 0.717) is 16.5 Å². The number of hydrogen-bond acceptors (Lipinski definition) is 3. The van der Waals surface area contributed by atoms with Crippen LogP contribution >= 0.6 is 0 Å². The van der Waals surface area contributed by atoms with Gasteiger partial charge in [-0.05, 0) is 23.8 Å². The summed E-state index contributed by atoms with van der Waals surface area (Å²) in [6.07, 6.45) is 1.75. The van der Waals surface area contributed by atoms with Gasteiger partial charge in [0.05, 0.1) is 5.92 Å². The highest BCUT2D eigenvalue weighted by molar-refractivity contribution is 5.91. The number of benzene rings is 1. The van der Waals surface area contributed by atoms with Crippen molar-refractivity contribution in [2.45, 2.75) is 18.9 Å². The van der Waals surface area contributed by atoms with E-state index in [4.69, 9.17) is 0 Å². The van der Waals surface area contributed by atoms with Crippen LogP contribution in [-0.4, -0.2) is 52.4 Å². The third kappa shape index (κ3) is 3.47. The summed E-state index contributed by atoms with van der Waals surface area (Å²) in [4.78, 5) is 39.7. The van der Waals surface area contributed by atoms with Gasteiger partial charge in [0.25, 0.3) is 0 Å². The minimum absolute atomic E-state index is 0.0587. The molecule has 2 atom stereocenters. The first kappa shape index (κ1) is 16.9. The molecule has 2 aromatic rings. The number of nitrogens with zero attached hydrogens (tertiary/aromatic N) is 1. The summed E-state index contributed by atoms with van der Waals surface area (Å²) in [6.45, 7) is 0.281. The first-order valence-electron chi connectivity index (χ1n) is 7.88. The van der Waals surface area contributed by atoms with Crippen molar-refractivity contribution >= 4 is 28.7 Å². The molecule has 2 unspecified atom stereocenters. The standard InChI is InChI=1S/C17H18FN3O4/c1-21-8-10(5-15(21)22)16(23)20-14(17(24)25)4-9-7-19-13-6-11(18)2-3-12(9)13/h2-3,6-7,10,14,19H,4-5,8H2,1H3,(H,20,23)(H,24,25). The largest absolute Gasteiger partial charge is 0.480 e. The Balaban J connectivity index is 1.74. The molecule has 1 aliphatic heterocycles. The fraction of sp³-hybridized carbons (Fsp3) is 0.353. The van der Waals surface area contributed by atoms with Crippen molar-refractivity contribution in [2.75, 3.05) is 13.6 Å². The number of carboxylic acids is 1. The summed E-state index contributed by atoms with van der Waals surface area (Å²) in [5.74, 6) is -2.68. The van der Waals surface area contributed by atoms with Crippen molar-refractivity contribution in [3.63, 3.8) is 0 Å². The normalized spacial score (nSPS) is 18.6. The third-order valence-electron chi connectivity index (χ3n) is 4.48. The number of fused-ring (bicyclic) bond motifs is 1. The number of carbonyl (C=O) groups excluding carboxylic acids is 2. The Hall–Kier alpha value is -2.90. The van der Waals surface area contributed by atoms with E-state index < -0.39 is 23.8 Å². The van der Waals surface area contributed by atoms with Crippen LogP contribution in [0.1, 0.15) is 12.0 Å². The van der Waals surface area contributed by atoms with Crippen LogP contribution in [0.2, 0.25) is 0 Å². The minimum Gasteiger partial charge on any atom is -0.480 e. The predicted octanol–water partition coefficient (Wildman–Crippen LogP) is 0.897. The van der Waals surface area contributed by atoms with E-state index in [1.54, 1.807) is 19.3 Å². The number of aromatic nitrogens is 1. The average Bonchev–Trinajstić information content (AvgIpc) is 3.10. The van der Waals surface area contributed by atoms with E-state index in [2.05, 4.69) is 10.3 Å². The van der Waals surface area contributed by atoms with E-state index in [1.807, 2.05) is 0 Å². The summed E-state index contributed by atoms with van der Waals surface area (Å²) >= 11 is 0. The molecule has 0 bridgehead atoms. The molecule has 8 heteroatoms. The number of rotatable bonds is 5. The Morgan fingerprint density at radius 1 is 1.48 bits per heavy atom. The number of amides is 2. The van der Waals surface area contributed by atoms with Gasteiger partial charge in [0.15, 0.2) is 0 Å². The molecule has 1 aromatic carbocycles. The number of aliphatic carboxylic acids is 1. The zero-order chi connectivity index (χ0) is 18.1. The minimum atomic E-state index is -1.16. The van der Waals surface area contributed by atoms with Gasteiger partial charge in [-0.25, -0.2) is 9.18 Å². The van der Waals surface area contributed by atoms with Crippen LogP contribution in [0.3, 0.4) is 0 Å². The number of aromatic amines is 1. The highest BCUT2D eigenvalue weighted by atomic mass is 19.1. The van der Waals surface area contributed by atoms with Crippen LogP contribution in [0.15, 0.2) is 24.4 Å². The first-order chi connectivity index (χ1) is 11.8.